The molecule has 1 heterocycles. The molecule has 0 aliphatic heterocycles. The molecule has 0 saturated carbocycles. The van der Waals surface area contributed by atoms with Crippen molar-refractivity contribution in [3.63, 3.8) is 0 Å². The van der Waals surface area contributed by atoms with Crippen LogP contribution in [0.15, 0.2) is 156 Å². The van der Waals surface area contributed by atoms with E-state index in [2.05, 4.69) is 158 Å². The van der Waals surface area contributed by atoms with Gasteiger partial charge < -0.3 is 9.32 Å². The first kappa shape index (κ1) is 25.9. The summed E-state index contributed by atoms with van der Waals surface area (Å²) in [5, 5.41) is 4.80. The van der Waals surface area contributed by atoms with Gasteiger partial charge in [0.05, 0.1) is 11.4 Å². The van der Waals surface area contributed by atoms with E-state index in [4.69, 9.17) is 4.42 Å². The molecular weight excluding hydrogens is 546 g/mol. The molecule has 2 heteroatoms. The molecule has 0 fully saturated rings. The Hall–Kier alpha value is -5.60. The fraction of sp³-hybridized carbons (Fsp3) is 0.0698. The maximum Gasteiger partial charge on any atom is 0.137 e. The highest BCUT2D eigenvalue weighted by Gasteiger charge is 2.39. The van der Waals surface area contributed by atoms with Crippen LogP contribution in [-0.4, -0.2) is 0 Å². The molecule has 0 atom stereocenters. The summed E-state index contributed by atoms with van der Waals surface area (Å²) in [4.78, 5) is 2.46. The third-order valence-electron chi connectivity index (χ3n) is 9.61. The van der Waals surface area contributed by atoms with Gasteiger partial charge in [0.25, 0.3) is 0 Å². The fourth-order valence-corrected chi connectivity index (χ4v) is 7.60. The number of benzene rings is 7. The van der Waals surface area contributed by atoms with Crippen molar-refractivity contribution in [3.8, 4) is 22.3 Å². The average Bonchev–Trinajstić information content (AvgIpc) is 3.57. The van der Waals surface area contributed by atoms with Gasteiger partial charge in [0.15, 0.2) is 0 Å². The van der Waals surface area contributed by atoms with Crippen LogP contribution in [0.3, 0.4) is 0 Å². The molecule has 0 radical (unpaired) electrons. The smallest absolute Gasteiger partial charge is 0.137 e. The molecular formula is C43H31NO. The molecule has 0 amide bonds. The zero-order chi connectivity index (χ0) is 30.1. The number of hydrogen-bond acceptors (Lipinski definition) is 2. The lowest BCUT2D eigenvalue weighted by Crippen LogP contribution is -2.17. The van der Waals surface area contributed by atoms with Crippen molar-refractivity contribution in [3.05, 3.63) is 163 Å². The minimum Gasteiger partial charge on any atom is -0.456 e. The van der Waals surface area contributed by atoms with Crippen LogP contribution in [0.4, 0.5) is 17.1 Å². The van der Waals surface area contributed by atoms with Gasteiger partial charge in [-0.2, -0.15) is 0 Å². The normalized spacial score (nSPS) is 13.3. The molecule has 0 spiro atoms. The molecule has 2 nitrogen and oxygen atoms in total. The van der Waals surface area contributed by atoms with E-state index in [0.717, 1.165) is 33.3 Å². The van der Waals surface area contributed by atoms with Crippen molar-refractivity contribution in [1.29, 1.82) is 0 Å². The summed E-state index contributed by atoms with van der Waals surface area (Å²) in [6.07, 6.45) is 0. The van der Waals surface area contributed by atoms with Crippen molar-refractivity contribution < 1.29 is 4.42 Å². The Labute approximate surface area is 262 Å². The molecule has 214 valence electrons. The number of anilines is 3. The van der Waals surface area contributed by atoms with Gasteiger partial charge in [-0.1, -0.05) is 129 Å². The number of fused-ring (bicyclic) bond motifs is 8. The zero-order valence-corrected chi connectivity index (χ0v) is 25.3. The molecule has 1 aromatic heterocycles. The molecule has 0 unspecified atom stereocenters. The van der Waals surface area contributed by atoms with Gasteiger partial charge in [-0.05, 0) is 63.4 Å². The number of hydrogen-bond donors (Lipinski definition) is 0. The quantitative estimate of drug-likeness (QED) is 0.207. The van der Waals surface area contributed by atoms with E-state index >= 15 is 0 Å². The highest BCUT2D eigenvalue weighted by Crippen LogP contribution is 2.57. The van der Waals surface area contributed by atoms with Crippen LogP contribution < -0.4 is 4.90 Å². The third kappa shape index (κ3) is 3.82. The predicted molar refractivity (Wildman–Crippen MR) is 189 cm³/mol. The number of furan rings is 1. The van der Waals surface area contributed by atoms with Crippen molar-refractivity contribution in [2.45, 2.75) is 19.3 Å². The van der Waals surface area contributed by atoms with Gasteiger partial charge in [-0.25, -0.2) is 0 Å². The number of rotatable bonds is 4. The lowest BCUT2D eigenvalue weighted by Gasteiger charge is -2.31. The first-order valence-electron chi connectivity index (χ1n) is 15.6. The third-order valence-corrected chi connectivity index (χ3v) is 9.61. The van der Waals surface area contributed by atoms with Gasteiger partial charge in [-0.3, -0.25) is 0 Å². The van der Waals surface area contributed by atoms with E-state index in [-0.39, 0.29) is 5.41 Å². The largest absolute Gasteiger partial charge is 0.456 e. The van der Waals surface area contributed by atoms with Crippen molar-refractivity contribution in [2.24, 2.45) is 0 Å². The molecule has 8 aromatic rings. The Morgan fingerprint density at radius 2 is 1.18 bits per heavy atom. The Balaban J connectivity index is 1.41. The maximum absolute atomic E-state index is 6.46. The van der Waals surface area contributed by atoms with Gasteiger partial charge in [-0.15, -0.1) is 0 Å². The van der Waals surface area contributed by atoms with Crippen LogP contribution >= 0.6 is 0 Å². The summed E-state index contributed by atoms with van der Waals surface area (Å²) in [6.45, 7) is 4.74. The molecule has 1 aliphatic carbocycles. The van der Waals surface area contributed by atoms with Crippen LogP contribution in [0.2, 0.25) is 0 Å². The molecule has 45 heavy (non-hydrogen) atoms. The molecule has 9 rings (SSSR count). The summed E-state index contributed by atoms with van der Waals surface area (Å²) >= 11 is 0. The summed E-state index contributed by atoms with van der Waals surface area (Å²) < 4.78 is 6.46. The second-order valence-electron chi connectivity index (χ2n) is 12.5. The maximum atomic E-state index is 6.46. The van der Waals surface area contributed by atoms with Crippen LogP contribution in [0.5, 0.6) is 0 Å². The lowest BCUT2D eigenvalue weighted by atomic mass is 9.80. The molecule has 7 aromatic carbocycles. The Morgan fingerprint density at radius 3 is 2.04 bits per heavy atom. The van der Waals surface area contributed by atoms with E-state index in [1.807, 2.05) is 12.1 Å². The monoisotopic (exact) mass is 577 g/mol. The minimum atomic E-state index is -0.158. The van der Waals surface area contributed by atoms with E-state index in [1.54, 1.807) is 0 Å². The Kier molecular flexibility index (Phi) is 5.58. The van der Waals surface area contributed by atoms with Gasteiger partial charge in [0.1, 0.15) is 11.2 Å². The fourth-order valence-electron chi connectivity index (χ4n) is 7.60. The zero-order valence-electron chi connectivity index (χ0n) is 25.3. The summed E-state index contributed by atoms with van der Waals surface area (Å²) in [5.74, 6) is 0. The first-order valence-corrected chi connectivity index (χ1v) is 15.6. The SMILES string of the molecule is CC1(C)c2ccccc2-c2c(N(c3ccc4c(c3)oc3ccccc34)c3ccccc3-c3ccccc3)cc3ccccc3c21. The van der Waals surface area contributed by atoms with Crippen molar-refractivity contribution in [1.82, 2.24) is 0 Å². The van der Waals surface area contributed by atoms with Crippen molar-refractivity contribution >= 4 is 49.8 Å². The Bertz CT molecular complexity index is 2410. The number of para-hydroxylation sites is 2. The molecule has 0 saturated heterocycles. The first-order chi connectivity index (χ1) is 22.1. The highest BCUT2D eigenvalue weighted by atomic mass is 16.3. The summed E-state index contributed by atoms with van der Waals surface area (Å²) in [5.41, 5.74) is 12.7. The second-order valence-corrected chi connectivity index (χ2v) is 12.5. The van der Waals surface area contributed by atoms with E-state index in [0.29, 0.717) is 0 Å². The topological polar surface area (TPSA) is 16.4 Å². The van der Waals surface area contributed by atoms with Gasteiger partial charge in [0, 0.05) is 39.1 Å². The summed E-state index contributed by atoms with van der Waals surface area (Å²) in [7, 11) is 0. The summed E-state index contributed by atoms with van der Waals surface area (Å²) in [6, 6.07) is 54.6. The molecule has 1 aliphatic rings. The van der Waals surface area contributed by atoms with Crippen LogP contribution in [0.25, 0.3) is 55.0 Å². The van der Waals surface area contributed by atoms with E-state index in [1.165, 1.54) is 49.8 Å². The van der Waals surface area contributed by atoms with E-state index < -0.39 is 0 Å². The standard InChI is InChI=1S/C43H31NO/c1-43(2)36-21-11-8-20-35(36)41-38(26-29-16-6-7-18-32(29)42(41)43)44(37-22-12-9-17-31(37)28-14-4-3-5-15-28)30-24-25-34-33-19-10-13-23-39(33)45-40(34)27-30/h3-27H,1-2H3. The Morgan fingerprint density at radius 1 is 0.511 bits per heavy atom. The minimum absolute atomic E-state index is 0.158. The van der Waals surface area contributed by atoms with Crippen LogP contribution in [0.1, 0.15) is 25.0 Å². The average molecular weight is 578 g/mol. The van der Waals surface area contributed by atoms with Crippen molar-refractivity contribution in [2.75, 3.05) is 4.90 Å². The number of nitrogens with zero attached hydrogens (tertiary/aromatic N) is 1. The van der Waals surface area contributed by atoms with Gasteiger partial charge in [0.2, 0.25) is 0 Å². The van der Waals surface area contributed by atoms with Crippen LogP contribution in [0, 0.1) is 0 Å². The predicted octanol–water partition coefficient (Wildman–Crippen LogP) is 12.2. The van der Waals surface area contributed by atoms with E-state index in [9.17, 15) is 0 Å². The van der Waals surface area contributed by atoms with Gasteiger partial charge >= 0.3 is 0 Å². The lowest BCUT2D eigenvalue weighted by molar-refractivity contribution is 0.666. The van der Waals surface area contributed by atoms with Crippen LogP contribution in [-0.2, 0) is 5.41 Å². The second kappa shape index (κ2) is 9.70. The molecule has 0 bridgehead atoms. The highest BCUT2D eigenvalue weighted by molar-refractivity contribution is 6.09. The molecule has 0 N–H and O–H groups in total.